The molecule has 0 aromatic heterocycles. The Labute approximate surface area is 55.1 Å². The summed E-state index contributed by atoms with van der Waals surface area (Å²) in [5.74, 6) is 1.19. The summed E-state index contributed by atoms with van der Waals surface area (Å²) in [6.07, 6.45) is 3.28. The first-order chi connectivity index (χ1) is 4.27. The molecule has 3 N–H and O–H groups in total. The quantitative estimate of drug-likeness (QED) is 0.485. The number of aliphatic hydroxyl groups is 1. The van der Waals surface area contributed by atoms with Crippen molar-refractivity contribution in [3.63, 3.8) is 0 Å². The Morgan fingerprint density at radius 2 is 2.00 bits per heavy atom. The Hall–Kier alpha value is -0.0800. The van der Waals surface area contributed by atoms with Gasteiger partial charge in [-0.25, -0.2) is 0 Å². The molecule has 2 heteroatoms. The van der Waals surface area contributed by atoms with E-state index in [1.165, 1.54) is 6.42 Å². The number of rotatable bonds is 0. The summed E-state index contributed by atoms with van der Waals surface area (Å²) in [5, 5.41) is 9.31. The maximum absolute atomic E-state index is 9.31. The monoisotopic (exact) mass is 127 g/mol. The lowest BCUT2D eigenvalue weighted by molar-refractivity contribution is 0.103. The van der Waals surface area contributed by atoms with Crippen LogP contribution >= 0.6 is 0 Å². The molecule has 0 heterocycles. The van der Waals surface area contributed by atoms with Crippen molar-refractivity contribution in [2.45, 2.75) is 31.4 Å². The van der Waals surface area contributed by atoms with E-state index in [0.29, 0.717) is 12.0 Å². The van der Waals surface area contributed by atoms with Crippen molar-refractivity contribution in [2.75, 3.05) is 0 Å². The molecule has 2 nitrogen and oxygen atoms in total. The molecule has 2 saturated carbocycles. The van der Waals surface area contributed by atoms with Crippen molar-refractivity contribution in [3.8, 4) is 0 Å². The van der Waals surface area contributed by atoms with Crippen molar-refractivity contribution in [2.24, 2.45) is 17.6 Å². The molecule has 2 aliphatic carbocycles. The molecule has 0 spiro atoms. The first kappa shape index (κ1) is 5.69. The molecule has 2 aliphatic rings. The predicted molar refractivity (Wildman–Crippen MR) is 34.8 cm³/mol. The maximum atomic E-state index is 9.31. The number of hydrogen-bond acceptors (Lipinski definition) is 2. The molecule has 9 heavy (non-hydrogen) atoms. The lowest BCUT2D eigenvalue weighted by Gasteiger charge is -2.21. The van der Waals surface area contributed by atoms with E-state index in [1.54, 1.807) is 0 Å². The van der Waals surface area contributed by atoms with Gasteiger partial charge in [0.15, 0.2) is 0 Å². The van der Waals surface area contributed by atoms with Crippen LogP contribution in [-0.4, -0.2) is 17.3 Å². The van der Waals surface area contributed by atoms with Gasteiger partial charge in [-0.15, -0.1) is 0 Å². The molecule has 2 fully saturated rings. The van der Waals surface area contributed by atoms with E-state index in [4.69, 9.17) is 5.73 Å². The first-order valence-corrected chi connectivity index (χ1v) is 3.71. The minimum Gasteiger partial charge on any atom is -0.393 e. The molecule has 0 aromatic rings. The van der Waals surface area contributed by atoms with Gasteiger partial charge in [-0.2, -0.15) is 0 Å². The average molecular weight is 127 g/mol. The van der Waals surface area contributed by atoms with Crippen LogP contribution in [0.5, 0.6) is 0 Å². The second-order valence-corrected chi connectivity index (χ2v) is 3.47. The van der Waals surface area contributed by atoms with Gasteiger partial charge in [0.05, 0.1) is 6.10 Å². The topological polar surface area (TPSA) is 46.2 Å². The molecular formula is C7H13NO. The third-order valence-corrected chi connectivity index (χ3v) is 2.83. The zero-order valence-corrected chi connectivity index (χ0v) is 5.46. The SMILES string of the molecule is N[C@H]1C[C@@H]2C[C@@H]1[C@H](O)C2. The van der Waals surface area contributed by atoms with Crippen LogP contribution in [0, 0.1) is 11.8 Å². The third-order valence-electron chi connectivity index (χ3n) is 2.83. The number of fused-ring (bicyclic) bond motifs is 2. The predicted octanol–water partition coefficient (Wildman–Crippen LogP) is 0.104. The fraction of sp³-hybridized carbons (Fsp3) is 1.00. The van der Waals surface area contributed by atoms with Crippen LogP contribution in [0.1, 0.15) is 19.3 Å². The molecule has 2 bridgehead atoms. The van der Waals surface area contributed by atoms with Crippen LogP contribution < -0.4 is 5.73 Å². The molecule has 0 aliphatic heterocycles. The molecule has 0 radical (unpaired) electrons. The summed E-state index contributed by atoms with van der Waals surface area (Å²) in [6.45, 7) is 0. The van der Waals surface area contributed by atoms with E-state index in [0.717, 1.165) is 18.8 Å². The zero-order chi connectivity index (χ0) is 6.43. The molecule has 52 valence electrons. The molecule has 2 rings (SSSR count). The minimum atomic E-state index is -0.0706. The largest absolute Gasteiger partial charge is 0.393 e. The lowest BCUT2D eigenvalue weighted by Crippen LogP contribution is -2.34. The summed E-state index contributed by atoms with van der Waals surface area (Å²) < 4.78 is 0. The van der Waals surface area contributed by atoms with Gasteiger partial charge in [0.2, 0.25) is 0 Å². The highest BCUT2D eigenvalue weighted by Gasteiger charge is 2.43. The average Bonchev–Trinajstić information content (AvgIpc) is 2.22. The summed E-state index contributed by atoms with van der Waals surface area (Å²) in [6, 6.07) is 0.304. The number of hydrogen-bond donors (Lipinski definition) is 2. The van der Waals surface area contributed by atoms with Crippen molar-refractivity contribution in [1.82, 2.24) is 0 Å². The highest BCUT2D eigenvalue weighted by molar-refractivity contribution is 4.97. The highest BCUT2D eigenvalue weighted by atomic mass is 16.3. The standard InChI is InChI=1S/C7H13NO/c8-6-2-4-1-5(6)7(9)3-4/h4-7,9H,1-3,8H2/t4-,5-,6-,7+/m0/s1. The van der Waals surface area contributed by atoms with Crippen molar-refractivity contribution >= 4 is 0 Å². The van der Waals surface area contributed by atoms with E-state index in [-0.39, 0.29) is 6.10 Å². The Morgan fingerprint density at radius 3 is 2.33 bits per heavy atom. The van der Waals surface area contributed by atoms with Crippen LogP contribution in [0.3, 0.4) is 0 Å². The van der Waals surface area contributed by atoms with Crippen LogP contribution in [0.25, 0.3) is 0 Å². The Bertz CT molecular complexity index is 114. The first-order valence-electron chi connectivity index (χ1n) is 3.71. The number of aliphatic hydroxyl groups excluding tert-OH is 1. The van der Waals surface area contributed by atoms with E-state index in [1.807, 2.05) is 0 Å². The normalized spacial score (nSPS) is 56.7. The Morgan fingerprint density at radius 1 is 1.22 bits per heavy atom. The summed E-state index contributed by atoms with van der Waals surface area (Å²) in [5.41, 5.74) is 5.75. The van der Waals surface area contributed by atoms with Gasteiger partial charge >= 0.3 is 0 Å². The summed E-state index contributed by atoms with van der Waals surface area (Å²) >= 11 is 0. The molecule has 0 amide bonds. The molecular weight excluding hydrogens is 114 g/mol. The second-order valence-electron chi connectivity index (χ2n) is 3.47. The molecule has 0 unspecified atom stereocenters. The van der Waals surface area contributed by atoms with Gasteiger partial charge < -0.3 is 10.8 Å². The Kier molecular flexibility index (Phi) is 1.08. The second kappa shape index (κ2) is 1.70. The van der Waals surface area contributed by atoms with Gasteiger partial charge in [0, 0.05) is 12.0 Å². The molecule has 0 saturated heterocycles. The lowest BCUT2D eigenvalue weighted by atomic mass is 9.94. The van der Waals surface area contributed by atoms with E-state index < -0.39 is 0 Å². The fourth-order valence-electron chi connectivity index (χ4n) is 2.37. The van der Waals surface area contributed by atoms with Gasteiger partial charge in [-0.3, -0.25) is 0 Å². The van der Waals surface area contributed by atoms with Gasteiger partial charge in [-0.1, -0.05) is 0 Å². The van der Waals surface area contributed by atoms with E-state index in [2.05, 4.69) is 0 Å². The van der Waals surface area contributed by atoms with Crippen molar-refractivity contribution < 1.29 is 5.11 Å². The smallest absolute Gasteiger partial charge is 0.0585 e. The van der Waals surface area contributed by atoms with Crippen LogP contribution in [0.4, 0.5) is 0 Å². The fourth-order valence-corrected chi connectivity index (χ4v) is 2.37. The van der Waals surface area contributed by atoms with Crippen LogP contribution in [0.2, 0.25) is 0 Å². The maximum Gasteiger partial charge on any atom is 0.0585 e. The van der Waals surface area contributed by atoms with E-state index in [9.17, 15) is 5.11 Å². The van der Waals surface area contributed by atoms with Gasteiger partial charge in [0.25, 0.3) is 0 Å². The third kappa shape index (κ3) is 0.700. The van der Waals surface area contributed by atoms with E-state index >= 15 is 0 Å². The van der Waals surface area contributed by atoms with Gasteiger partial charge in [-0.05, 0) is 25.2 Å². The summed E-state index contributed by atoms with van der Waals surface area (Å²) in [4.78, 5) is 0. The molecule has 0 aromatic carbocycles. The summed E-state index contributed by atoms with van der Waals surface area (Å²) in [7, 11) is 0. The number of nitrogens with two attached hydrogens (primary N) is 1. The zero-order valence-electron chi connectivity index (χ0n) is 5.46. The van der Waals surface area contributed by atoms with Gasteiger partial charge in [0.1, 0.15) is 0 Å². The van der Waals surface area contributed by atoms with Crippen LogP contribution in [0.15, 0.2) is 0 Å². The minimum absolute atomic E-state index is 0.0706. The van der Waals surface area contributed by atoms with Crippen molar-refractivity contribution in [1.29, 1.82) is 0 Å². The van der Waals surface area contributed by atoms with Crippen molar-refractivity contribution in [3.05, 3.63) is 0 Å². The molecule has 4 atom stereocenters. The van der Waals surface area contributed by atoms with Crippen LogP contribution in [-0.2, 0) is 0 Å². The highest BCUT2D eigenvalue weighted by Crippen LogP contribution is 2.43. The Balaban J connectivity index is 2.13.